The highest BCUT2D eigenvalue weighted by atomic mass is 32.2. The van der Waals surface area contributed by atoms with Crippen molar-refractivity contribution in [2.24, 2.45) is 0 Å². The van der Waals surface area contributed by atoms with Gasteiger partial charge in [0.25, 0.3) is 0 Å². The highest BCUT2D eigenvalue weighted by molar-refractivity contribution is 7.99. The molecule has 2 aromatic carbocycles. The van der Waals surface area contributed by atoms with Gasteiger partial charge in [-0.15, -0.1) is 5.10 Å². The van der Waals surface area contributed by atoms with E-state index >= 15 is 0 Å². The number of thioether (sulfide) groups is 1. The van der Waals surface area contributed by atoms with Crippen LogP contribution in [0.25, 0.3) is 5.69 Å². The first kappa shape index (κ1) is 20.6. The number of nitrogens with zero attached hydrogens (tertiary/aromatic N) is 5. The van der Waals surface area contributed by atoms with Crippen molar-refractivity contribution in [2.45, 2.75) is 38.0 Å². The minimum Gasteiger partial charge on any atom is -0.351 e. The SMILES string of the molecule is Cc1cc(C)cc(-n2nnnc2SCC(=O)N[C@@H]2CCN(Cc3ccccc3)C2)c1. The van der Waals surface area contributed by atoms with Crippen molar-refractivity contribution in [1.82, 2.24) is 30.4 Å². The van der Waals surface area contributed by atoms with E-state index in [9.17, 15) is 4.79 Å². The molecule has 1 amide bonds. The van der Waals surface area contributed by atoms with Crippen LogP contribution in [0, 0.1) is 13.8 Å². The molecule has 4 rings (SSSR count). The maximum Gasteiger partial charge on any atom is 0.230 e. The van der Waals surface area contributed by atoms with Crippen LogP contribution in [0.4, 0.5) is 0 Å². The lowest BCUT2D eigenvalue weighted by molar-refractivity contribution is -0.119. The predicted molar refractivity (Wildman–Crippen MR) is 118 cm³/mol. The Morgan fingerprint density at radius 2 is 1.93 bits per heavy atom. The Kier molecular flexibility index (Phi) is 6.44. The molecule has 1 aliphatic rings. The van der Waals surface area contributed by atoms with Crippen LogP contribution >= 0.6 is 11.8 Å². The van der Waals surface area contributed by atoms with Crippen LogP contribution < -0.4 is 5.32 Å². The molecule has 0 unspecified atom stereocenters. The standard InChI is InChI=1S/C22H26N6OS/c1-16-10-17(2)12-20(11-16)28-22(24-25-26-28)30-15-21(29)23-19-8-9-27(14-19)13-18-6-4-3-5-7-18/h3-7,10-12,19H,8-9,13-15H2,1-2H3,(H,23,29)/t19-/m1/s1. The summed E-state index contributed by atoms with van der Waals surface area (Å²) in [5.74, 6) is 0.307. The van der Waals surface area contributed by atoms with Crippen LogP contribution in [0.15, 0.2) is 53.7 Å². The summed E-state index contributed by atoms with van der Waals surface area (Å²) in [6.07, 6.45) is 0.976. The fourth-order valence-corrected chi connectivity index (χ4v) is 4.54. The molecule has 1 atom stereocenters. The van der Waals surface area contributed by atoms with Crippen molar-refractivity contribution in [3.63, 3.8) is 0 Å². The van der Waals surface area contributed by atoms with Crippen LogP contribution in [0.2, 0.25) is 0 Å². The summed E-state index contributed by atoms with van der Waals surface area (Å²) < 4.78 is 1.69. The predicted octanol–water partition coefficient (Wildman–Crippen LogP) is 2.76. The molecule has 0 spiro atoms. The fourth-order valence-electron chi connectivity index (χ4n) is 3.84. The largest absolute Gasteiger partial charge is 0.351 e. The molecule has 1 N–H and O–H groups in total. The molecule has 0 radical (unpaired) electrons. The van der Waals surface area contributed by atoms with E-state index in [4.69, 9.17) is 0 Å². The second-order valence-electron chi connectivity index (χ2n) is 7.78. The fraction of sp³-hybridized carbons (Fsp3) is 0.364. The third-order valence-corrected chi connectivity index (χ3v) is 6.03. The first-order valence-corrected chi connectivity index (χ1v) is 11.1. The zero-order chi connectivity index (χ0) is 20.9. The number of nitrogens with one attached hydrogen (secondary N) is 1. The molecule has 1 fully saturated rings. The average Bonchev–Trinajstić information content (AvgIpc) is 3.36. The molecule has 0 saturated carbocycles. The van der Waals surface area contributed by atoms with Crippen molar-refractivity contribution in [1.29, 1.82) is 0 Å². The number of benzene rings is 2. The Bertz CT molecular complexity index is 986. The van der Waals surface area contributed by atoms with Gasteiger partial charge in [-0.05, 0) is 59.5 Å². The van der Waals surface area contributed by atoms with Gasteiger partial charge in [0.05, 0.1) is 11.4 Å². The lowest BCUT2D eigenvalue weighted by Gasteiger charge is -2.16. The van der Waals surface area contributed by atoms with Crippen LogP contribution in [-0.4, -0.2) is 55.9 Å². The zero-order valence-corrected chi connectivity index (χ0v) is 18.1. The molecule has 3 aromatic rings. The molecule has 2 heterocycles. The summed E-state index contributed by atoms with van der Waals surface area (Å²) in [6.45, 7) is 6.89. The van der Waals surface area contributed by atoms with E-state index in [1.54, 1.807) is 4.68 Å². The summed E-state index contributed by atoms with van der Waals surface area (Å²) in [4.78, 5) is 14.9. The molecule has 1 aliphatic heterocycles. The van der Waals surface area contributed by atoms with Gasteiger partial charge >= 0.3 is 0 Å². The van der Waals surface area contributed by atoms with E-state index in [2.05, 4.69) is 56.1 Å². The number of tetrazole rings is 1. The number of hydrogen-bond donors (Lipinski definition) is 1. The van der Waals surface area contributed by atoms with Crippen molar-refractivity contribution in [2.75, 3.05) is 18.8 Å². The number of carbonyl (C=O) groups excluding carboxylic acids is 1. The Hall–Kier alpha value is -2.71. The maximum absolute atomic E-state index is 12.5. The van der Waals surface area contributed by atoms with Gasteiger partial charge in [0.2, 0.25) is 11.1 Å². The quantitative estimate of drug-likeness (QED) is 0.590. The minimum absolute atomic E-state index is 0.0153. The van der Waals surface area contributed by atoms with Gasteiger partial charge in [-0.1, -0.05) is 48.2 Å². The van der Waals surface area contributed by atoms with Crippen LogP contribution in [0.5, 0.6) is 0 Å². The van der Waals surface area contributed by atoms with Gasteiger partial charge < -0.3 is 5.32 Å². The van der Waals surface area contributed by atoms with Gasteiger partial charge in [-0.25, -0.2) is 0 Å². The molecule has 0 bridgehead atoms. The third kappa shape index (κ3) is 5.25. The number of hydrogen-bond acceptors (Lipinski definition) is 6. The van der Waals surface area contributed by atoms with Crippen molar-refractivity contribution < 1.29 is 4.79 Å². The third-order valence-electron chi connectivity index (χ3n) is 5.11. The number of likely N-dealkylation sites (tertiary alicyclic amines) is 1. The van der Waals surface area contributed by atoms with Crippen molar-refractivity contribution in [3.8, 4) is 5.69 Å². The summed E-state index contributed by atoms with van der Waals surface area (Å²) in [5.41, 5.74) is 4.51. The number of amides is 1. The summed E-state index contributed by atoms with van der Waals surface area (Å²) in [7, 11) is 0. The molecule has 156 valence electrons. The molecule has 30 heavy (non-hydrogen) atoms. The van der Waals surface area contributed by atoms with Crippen LogP contribution in [-0.2, 0) is 11.3 Å². The van der Waals surface area contributed by atoms with Gasteiger partial charge in [0, 0.05) is 25.7 Å². The lowest BCUT2D eigenvalue weighted by atomic mass is 10.1. The summed E-state index contributed by atoms with van der Waals surface area (Å²) in [6, 6.07) is 16.8. The average molecular weight is 423 g/mol. The van der Waals surface area contributed by atoms with Gasteiger partial charge in [0.1, 0.15) is 0 Å². The maximum atomic E-state index is 12.5. The first-order chi connectivity index (χ1) is 14.6. The smallest absolute Gasteiger partial charge is 0.230 e. The van der Waals surface area contributed by atoms with Gasteiger partial charge in [-0.2, -0.15) is 4.68 Å². The second kappa shape index (κ2) is 9.40. The zero-order valence-electron chi connectivity index (χ0n) is 17.3. The molecular weight excluding hydrogens is 396 g/mol. The molecule has 8 heteroatoms. The highest BCUT2D eigenvalue weighted by Gasteiger charge is 2.24. The molecular formula is C22H26N6OS. The van der Waals surface area contributed by atoms with E-state index < -0.39 is 0 Å². The minimum atomic E-state index is 0.0153. The summed E-state index contributed by atoms with van der Waals surface area (Å²) in [5, 5.41) is 15.8. The normalized spacial score (nSPS) is 16.7. The lowest BCUT2D eigenvalue weighted by Crippen LogP contribution is -2.38. The van der Waals surface area contributed by atoms with Crippen LogP contribution in [0.1, 0.15) is 23.1 Å². The summed E-state index contributed by atoms with van der Waals surface area (Å²) >= 11 is 1.36. The van der Waals surface area contributed by atoms with Crippen molar-refractivity contribution in [3.05, 3.63) is 65.2 Å². The Morgan fingerprint density at radius 1 is 1.17 bits per heavy atom. The van der Waals surface area contributed by atoms with Crippen molar-refractivity contribution >= 4 is 17.7 Å². The molecule has 1 aromatic heterocycles. The number of carbonyl (C=O) groups is 1. The van der Waals surface area contributed by atoms with E-state index in [1.807, 2.05) is 32.0 Å². The second-order valence-corrected chi connectivity index (χ2v) is 8.72. The Balaban J connectivity index is 1.28. The monoisotopic (exact) mass is 422 g/mol. The first-order valence-electron chi connectivity index (χ1n) is 10.1. The number of aryl methyl sites for hydroxylation is 2. The van der Waals surface area contributed by atoms with Crippen LogP contribution in [0.3, 0.4) is 0 Å². The van der Waals surface area contributed by atoms with E-state index in [0.717, 1.165) is 42.9 Å². The number of aromatic nitrogens is 4. The molecule has 7 nitrogen and oxygen atoms in total. The molecule has 0 aliphatic carbocycles. The van der Waals surface area contributed by atoms with E-state index in [0.29, 0.717) is 10.9 Å². The van der Waals surface area contributed by atoms with Gasteiger partial charge in [0.15, 0.2) is 0 Å². The highest BCUT2D eigenvalue weighted by Crippen LogP contribution is 2.20. The van der Waals surface area contributed by atoms with Gasteiger partial charge in [-0.3, -0.25) is 9.69 Å². The Morgan fingerprint density at radius 3 is 2.70 bits per heavy atom. The van der Waals surface area contributed by atoms with E-state index in [-0.39, 0.29) is 11.9 Å². The number of rotatable bonds is 7. The van der Waals surface area contributed by atoms with E-state index in [1.165, 1.54) is 17.3 Å². The molecule has 1 saturated heterocycles. The topological polar surface area (TPSA) is 75.9 Å². The Labute approximate surface area is 180 Å².